The van der Waals surface area contributed by atoms with Crippen LogP contribution in [0.3, 0.4) is 0 Å². The van der Waals surface area contributed by atoms with Crippen molar-refractivity contribution < 1.29 is 23.8 Å². The number of rotatable bonds is 5. The van der Waals surface area contributed by atoms with Crippen molar-refractivity contribution in [2.75, 3.05) is 41.0 Å². The lowest BCUT2D eigenvalue weighted by molar-refractivity contribution is -0.952. The molecule has 0 aromatic heterocycles. The van der Waals surface area contributed by atoms with Crippen molar-refractivity contribution in [1.82, 2.24) is 0 Å². The number of methoxy groups -OCH3 is 3. The fourth-order valence-corrected chi connectivity index (χ4v) is 6.08. The molecule has 31 heavy (non-hydrogen) atoms. The zero-order valence-corrected chi connectivity index (χ0v) is 18.5. The molecule has 1 fully saturated rings. The Bertz CT molecular complexity index is 1180. The van der Waals surface area contributed by atoms with Gasteiger partial charge in [-0.15, -0.1) is 0 Å². The van der Waals surface area contributed by atoms with Crippen molar-refractivity contribution in [2.24, 2.45) is 5.73 Å². The summed E-state index contributed by atoms with van der Waals surface area (Å²) in [6.07, 6.45) is 3.49. The third kappa shape index (κ3) is 2.92. The van der Waals surface area contributed by atoms with Crippen LogP contribution in [-0.2, 0) is 13.0 Å². The molecule has 0 saturated carbocycles. The third-order valence-corrected chi connectivity index (χ3v) is 7.55. The van der Waals surface area contributed by atoms with E-state index in [1.54, 1.807) is 21.3 Å². The van der Waals surface area contributed by atoms with E-state index >= 15 is 0 Å². The summed E-state index contributed by atoms with van der Waals surface area (Å²) >= 11 is 0. The van der Waals surface area contributed by atoms with Gasteiger partial charge in [0.1, 0.15) is 6.54 Å². The average Bonchev–Trinajstić information content (AvgIpc) is 3.19. The highest BCUT2D eigenvalue weighted by Crippen LogP contribution is 2.47. The van der Waals surface area contributed by atoms with E-state index in [4.69, 9.17) is 19.9 Å². The minimum atomic E-state index is 0.172. The first-order valence-corrected chi connectivity index (χ1v) is 11.0. The van der Waals surface area contributed by atoms with Gasteiger partial charge < -0.3 is 29.5 Å². The molecule has 0 aliphatic carbocycles. The van der Waals surface area contributed by atoms with E-state index in [9.17, 15) is 5.11 Å². The topological polar surface area (TPSA) is 73.9 Å². The van der Waals surface area contributed by atoms with Gasteiger partial charge in [0.2, 0.25) is 0 Å². The molecule has 2 heterocycles. The van der Waals surface area contributed by atoms with Gasteiger partial charge in [-0.1, -0.05) is 0 Å². The molecule has 6 nitrogen and oxygen atoms in total. The summed E-state index contributed by atoms with van der Waals surface area (Å²) in [6, 6.07) is 8.58. The normalized spacial score (nSPS) is 22.4. The monoisotopic (exact) mass is 423 g/mol. The van der Waals surface area contributed by atoms with Crippen molar-refractivity contribution in [3.05, 3.63) is 35.4 Å². The Labute approximate surface area is 182 Å². The van der Waals surface area contributed by atoms with Gasteiger partial charge in [-0.25, -0.2) is 0 Å². The van der Waals surface area contributed by atoms with Gasteiger partial charge in [0, 0.05) is 31.4 Å². The fourth-order valence-electron chi connectivity index (χ4n) is 6.08. The van der Waals surface area contributed by atoms with Crippen LogP contribution in [0.5, 0.6) is 23.0 Å². The van der Waals surface area contributed by atoms with E-state index in [2.05, 4.69) is 12.1 Å². The highest BCUT2D eigenvalue weighted by atomic mass is 16.5. The first-order valence-electron chi connectivity index (χ1n) is 11.0. The maximum Gasteiger partial charge on any atom is 0.161 e. The Morgan fingerprint density at radius 1 is 0.903 bits per heavy atom. The van der Waals surface area contributed by atoms with Gasteiger partial charge in [-0.2, -0.15) is 0 Å². The number of ether oxygens (including phenoxy) is 3. The average molecular weight is 424 g/mol. The van der Waals surface area contributed by atoms with Crippen LogP contribution in [0, 0.1) is 0 Å². The molecular formula is C25H31N2O4+. The smallest absolute Gasteiger partial charge is 0.161 e. The van der Waals surface area contributed by atoms with Crippen LogP contribution in [0.1, 0.15) is 24.0 Å². The number of quaternary nitrogens is 1. The number of phenolic OH excluding ortho intramolecular Hbond substituents is 1. The molecule has 0 spiro atoms. The summed E-state index contributed by atoms with van der Waals surface area (Å²) in [5.74, 6) is 2.09. The molecular weight excluding hydrogens is 392 g/mol. The van der Waals surface area contributed by atoms with E-state index < -0.39 is 0 Å². The molecule has 5 rings (SSSR count). The van der Waals surface area contributed by atoms with Crippen LogP contribution in [0.25, 0.3) is 21.5 Å². The number of nitrogens with zero attached hydrogens (tertiary/aromatic N) is 1. The summed E-state index contributed by atoms with van der Waals surface area (Å²) in [5.41, 5.74) is 8.75. The van der Waals surface area contributed by atoms with Crippen LogP contribution in [0.2, 0.25) is 0 Å². The zero-order chi connectivity index (χ0) is 21.8. The molecule has 2 atom stereocenters. The number of hydrogen-bond acceptors (Lipinski definition) is 5. The van der Waals surface area contributed by atoms with Gasteiger partial charge >= 0.3 is 0 Å². The molecule has 2 aliphatic rings. The highest BCUT2D eigenvalue weighted by Gasteiger charge is 2.45. The van der Waals surface area contributed by atoms with Gasteiger partial charge in [-0.3, -0.25) is 0 Å². The molecule has 2 unspecified atom stereocenters. The summed E-state index contributed by atoms with van der Waals surface area (Å²) in [5, 5.41) is 15.1. The lowest BCUT2D eigenvalue weighted by atomic mass is 9.83. The Kier molecular flexibility index (Phi) is 4.87. The molecule has 0 radical (unpaired) electrons. The summed E-state index contributed by atoms with van der Waals surface area (Å²) in [4.78, 5) is 0. The molecule has 3 aromatic rings. The van der Waals surface area contributed by atoms with Crippen LogP contribution < -0.4 is 19.9 Å². The van der Waals surface area contributed by atoms with Gasteiger partial charge in [0.05, 0.1) is 40.5 Å². The maximum absolute atomic E-state index is 10.6. The van der Waals surface area contributed by atoms with Crippen LogP contribution in [-0.4, -0.2) is 56.6 Å². The van der Waals surface area contributed by atoms with E-state index in [1.165, 1.54) is 35.9 Å². The Balaban J connectivity index is 1.88. The maximum atomic E-state index is 10.6. The van der Waals surface area contributed by atoms with E-state index in [1.807, 2.05) is 12.1 Å². The zero-order valence-electron chi connectivity index (χ0n) is 18.5. The van der Waals surface area contributed by atoms with Crippen molar-refractivity contribution in [1.29, 1.82) is 0 Å². The Hall–Kier alpha value is -2.70. The van der Waals surface area contributed by atoms with Gasteiger partial charge in [-0.05, 0) is 51.4 Å². The number of aromatic hydroxyl groups is 1. The number of nitrogens with two attached hydrogens (primary N) is 1. The largest absolute Gasteiger partial charge is 0.504 e. The number of hydrogen-bond donors (Lipinski definition) is 2. The van der Waals surface area contributed by atoms with Gasteiger partial charge in [0.25, 0.3) is 0 Å². The highest BCUT2D eigenvalue weighted by molar-refractivity contribution is 6.12. The number of phenols is 1. The van der Waals surface area contributed by atoms with Crippen molar-refractivity contribution in [2.45, 2.75) is 31.8 Å². The van der Waals surface area contributed by atoms with Crippen molar-refractivity contribution >= 4 is 21.5 Å². The molecule has 2 aliphatic heterocycles. The molecule has 6 heteroatoms. The predicted octanol–water partition coefficient (Wildman–Crippen LogP) is 3.72. The first kappa shape index (κ1) is 20.2. The van der Waals surface area contributed by atoms with E-state index in [0.29, 0.717) is 24.1 Å². The van der Waals surface area contributed by atoms with Crippen molar-refractivity contribution in [3.63, 3.8) is 0 Å². The number of benzene rings is 3. The SMILES string of the molecule is COc1cc2c(cc1O)c1c(c3cc(OC)c(OC)cc32)CC2CCC[N+]2(CCN)C1. The second kappa shape index (κ2) is 7.46. The molecule has 0 bridgehead atoms. The van der Waals surface area contributed by atoms with E-state index in [0.717, 1.165) is 45.9 Å². The first-order chi connectivity index (χ1) is 15.0. The summed E-state index contributed by atoms with van der Waals surface area (Å²) in [7, 11) is 4.92. The van der Waals surface area contributed by atoms with Gasteiger partial charge in [0.15, 0.2) is 23.0 Å². The Morgan fingerprint density at radius 3 is 2.16 bits per heavy atom. The van der Waals surface area contributed by atoms with Crippen LogP contribution in [0.4, 0.5) is 0 Å². The van der Waals surface area contributed by atoms with E-state index in [-0.39, 0.29) is 5.75 Å². The lowest BCUT2D eigenvalue weighted by Crippen LogP contribution is -2.56. The molecule has 3 N–H and O–H groups in total. The minimum Gasteiger partial charge on any atom is -0.504 e. The Morgan fingerprint density at radius 2 is 1.52 bits per heavy atom. The molecule has 0 amide bonds. The third-order valence-electron chi connectivity index (χ3n) is 7.55. The summed E-state index contributed by atoms with van der Waals surface area (Å²) in [6.45, 7) is 3.82. The summed E-state index contributed by atoms with van der Waals surface area (Å²) < 4.78 is 17.8. The second-order valence-corrected chi connectivity index (χ2v) is 8.89. The number of fused-ring (bicyclic) bond motifs is 7. The lowest BCUT2D eigenvalue weighted by Gasteiger charge is -2.44. The standard InChI is InChI=1S/C25H30N2O4/c1-29-23-11-18-17(10-22(23)28)21-14-27(8-6-26)7-4-5-15(27)9-16(21)19-12-24(30-2)25(31-3)13-20(18)19/h10-13,15H,4-9,14,26H2,1-3H3/p+1. The molecule has 1 saturated heterocycles. The molecule has 3 aromatic carbocycles. The second-order valence-electron chi connectivity index (χ2n) is 8.89. The van der Waals surface area contributed by atoms with Crippen molar-refractivity contribution in [3.8, 4) is 23.0 Å². The predicted molar refractivity (Wildman–Crippen MR) is 122 cm³/mol. The quantitative estimate of drug-likeness (QED) is 0.483. The van der Waals surface area contributed by atoms with Crippen LogP contribution >= 0.6 is 0 Å². The minimum absolute atomic E-state index is 0.172. The van der Waals surface area contributed by atoms with Crippen LogP contribution in [0.15, 0.2) is 24.3 Å². The fraction of sp³-hybridized carbons (Fsp3) is 0.440. The molecule has 164 valence electrons.